The number of nitro groups is 1. The molecule has 3 aromatic carbocycles. The third kappa shape index (κ3) is 6.24. The minimum absolute atomic E-state index is 0.0112. The van der Waals surface area contributed by atoms with Gasteiger partial charge in [-0.1, -0.05) is 0 Å². The Balaban J connectivity index is 1.54. The number of hydrogen-bond donors (Lipinski definition) is 2. The normalized spacial score (nSPS) is 11.2. The summed E-state index contributed by atoms with van der Waals surface area (Å²) in [5.74, 6) is -0.350. The molecule has 0 radical (unpaired) electrons. The number of amides is 1. The number of benzene rings is 3. The molecule has 10 nitrogen and oxygen atoms in total. The zero-order chi connectivity index (χ0) is 24.7. The van der Waals surface area contributed by atoms with E-state index in [9.17, 15) is 22.6 Å². The second-order valence-corrected chi connectivity index (χ2v) is 11.5. The summed E-state index contributed by atoms with van der Waals surface area (Å²) in [4.78, 5) is 24.3. The molecule has 2 N–H and O–H groups in total. The number of carbonyl (C=O) groups excluding carboxylic acids is 1. The van der Waals surface area contributed by atoms with Crippen LogP contribution in [0.2, 0.25) is 0 Å². The number of carbonyl (C=O) groups is 1. The number of nitrogens with zero attached hydrogens (tertiary/aromatic N) is 3. The molecule has 0 unspecified atom stereocenters. The van der Waals surface area contributed by atoms with Gasteiger partial charge in [0.2, 0.25) is 0 Å². The summed E-state index contributed by atoms with van der Waals surface area (Å²) in [6, 6.07) is 18.2. The summed E-state index contributed by atoms with van der Waals surface area (Å²) in [5.41, 5.74) is 4.86. The number of rotatable bonds is 9. The van der Waals surface area contributed by atoms with Gasteiger partial charge in [-0.3, -0.25) is 0 Å². The third-order valence-corrected chi connectivity index (χ3v) is 8.51. The van der Waals surface area contributed by atoms with Gasteiger partial charge in [-0.05, 0) is 12.1 Å². The Labute approximate surface area is 198 Å². The van der Waals surface area contributed by atoms with E-state index in [1.807, 2.05) is 43.3 Å². The van der Waals surface area contributed by atoms with Gasteiger partial charge in [0.15, 0.2) is 0 Å². The van der Waals surface area contributed by atoms with Gasteiger partial charge in [-0.2, -0.15) is 0 Å². The first-order valence-electron chi connectivity index (χ1n) is 10.1. The first-order chi connectivity index (χ1) is 16.2. The van der Waals surface area contributed by atoms with Crippen LogP contribution in [0.1, 0.15) is 5.56 Å². The van der Waals surface area contributed by atoms with E-state index in [0.717, 1.165) is 23.4 Å². The summed E-state index contributed by atoms with van der Waals surface area (Å²) in [5, 5.41) is 17.4. The minimum Gasteiger partial charge on any atom is -0.0381 e. The summed E-state index contributed by atoms with van der Waals surface area (Å²) >= 11 is -4.72. The van der Waals surface area contributed by atoms with E-state index in [4.69, 9.17) is 0 Å². The molecule has 176 valence electrons. The van der Waals surface area contributed by atoms with Crippen LogP contribution in [0.5, 0.6) is 0 Å². The summed E-state index contributed by atoms with van der Waals surface area (Å²) in [6.45, 7) is -0.0697. The van der Waals surface area contributed by atoms with Crippen molar-refractivity contribution in [3.63, 3.8) is 0 Å². The summed E-state index contributed by atoms with van der Waals surface area (Å²) in [6.07, 6.45) is 1.60. The molecule has 0 atom stereocenters. The number of non-ortho nitro benzene ring substituents is 1. The Bertz CT molecular complexity index is 1290. The predicted molar refractivity (Wildman–Crippen MR) is 131 cm³/mol. The smallest absolute Gasteiger partial charge is 0.0381 e. The van der Waals surface area contributed by atoms with Crippen LogP contribution in [0.4, 0.5) is 17.1 Å². The Kier molecular flexibility index (Phi) is 7.72. The first kappa shape index (κ1) is 24.6. The summed E-state index contributed by atoms with van der Waals surface area (Å²) in [7, 11) is 3.91. The third-order valence-electron chi connectivity index (χ3n) is 4.76. The Morgan fingerprint density at radius 3 is 2.06 bits per heavy atom. The van der Waals surface area contributed by atoms with Gasteiger partial charge < -0.3 is 4.90 Å². The molecule has 0 bridgehead atoms. The van der Waals surface area contributed by atoms with Crippen molar-refractivity contribution in [2.24, 2.45) is 5.10 Å². The van der Waals surface area contributed by atoms with Crippen LogP contribution in [0, 0.1) is 10.1 Å². The average molecular weight is 528 g/mol. The number of nitrogens with one attached hydrogen (secondary N) is 2. The van der Waals surface area contributed by atoms with Crippen molar-refractivity contribution in [2.45, 2.75) is 0 Å². The number of hydrogen-bond acceptors (Lipinski definition) is 8. The van der Waals surface area contributed by atoms with Crippen LogP contribution in [-0.4, -0.2) is 50.4 Å². The first-order valence-corrected chi connectivity index (χ1v) is 13.2. The zero-order valence-electron chi connectivity index (χ0n) is 18.5. The maximum absolute atomic E-state index is 12.8. The molecule has 0 fully saturated rings. The van der Waals surface area contributed by atoms with Crippen molar-refractivity contribution in [3.05, 3.63) is 88.5 Å². The molecule has 11 heteroatoms. The number of nitro benzene ring substituents is 1. The van der Waals surface area contributed by atoms with Crippen molar-refractivity contribution < 1.29 is 17.4 Å². The van der Waals surface area contributed by atoms with Crippen molar-refractivity contribution in [1.29, 1.82) is 0 Å². The molecule has 0 aromatic heterocycles. The van der Waals surface area contributed by atoms with E-state index < -0.39 is 17.6 Å². The van der Waals surface area contributed by atoms with E-state index in [1.165, 1.54) is 36.4 Å². The van der Waals surface area contributed by atoms with E-state index in [0.29, 0.717) is 5.69 Å². The van der Waals surface area contributed by atoms with E-state index in [-0.39, 0.29) is 27.1 Å². The number of hydrazone groups is 1. The van der Waals surface area contributed by atoms with Gasteiger partial charge in [-0.15, -0.1) is 0 Å². The zero-order valence-corrected chi connectivity index (χ0v) is 20.2. The molecule has 0 aliphatic heterocycles. The molecule has 0 aliphatic carbocycles. The van der Waals surface area contributed by atoms with E-state index in [2.05, 4.69) is 15.8 Å². The van der Waals surface area contributed by atoms with Gasteiger partial charge >= 0.3 is 161 Å². The van der Waals surface area contributed by atoms with Crippen molar-refractivity contribution in [2.75, 3.05) is 30.9 Å². The van der Waals surface area contributed by atoms with Gasteiger partial charge in [0.1, 0.15) is 0 Å². The van der Waals surface area contributed by atoms with Crippen molar-refractivity contribution >= 4 is 50.8 Å². The molecule has 3 aromatic rings. The van der Waals surface area contributed by atoms with Crippen LogP contribution in [-0.2, 0) is 12.5 Å². The maximum atomic E-state index is 12.8. The van der Waals surface area contributed by atoms with Crippen LogP contribution in [0.25, 0.3) is 0 Å². The van der Waals surface area contributed by atoms with Crippen LogP contribution in [0.15, 0.2) is 77.9 Å². The SMILES string of the molecule is CN(C)c1ccc(/C=N/NCC(=O)Nc2ccc([Se](=O)(=O)c3ccc([N+](=O)[O-])cc3)cc2)cc1. The molecular weight excluding hydrogens is 505 g/mol. The van der Waals surface area contributed by atoms with Crippen LogP contribution >= 0.6 is 0 Å². The van der Waals surface area contributed by atoms with Crippen molar-refractivity contribution in [3.8, 4) is 0 Å². The second-order valence-electron chi connectivity index (χ2n) is 7.41. The van der Waals surface area contributed by atoms with E-state index >= 15 is 0 Å². The predicted octanol–water partition coefficient (Wildman–Crippen LogP) is 1.64. The van der Waals surface area contributed by atoms with Gasteiger partial charge in [0, 0.05) is 19.8 Å². The minimum atomic E-state index is -4.72. The molecule has 0 saturated heterocycles. The molecule has 34 heavy (non-hydrogen) atoms. The van der Waals surface area contributed by atoms with E-state index in [1.54, 1.807) is 6.21 Å². The Morgan fingerprint density at radius 2 is 1.53 bits per heavy atom. The molecular formula is C23H23N5O5Se. The van der Waals surface area contributed by atoms with Gasteiger partial charge in [0.05, 0.1) is 0 Å². The fourth-order valence-corrected chi connectivity index (χ4v) is 5.55. The second kappa shape index (κ2) is 10.7. The monoisotopic (exact) mass is 529 g/mol. The quantitative estimate of drug-likeness (QED) is 0.187. The molecule has 1 amide bonds. The average Bonchev–Trinajstić information content (AvgIpc) is 2.82. The standard InChI is InChI=1S/C23H23N5O5Se/c1-27(2)19-7-3-17(4-8-19)15-24-25-16-23(29)26-18-5-11-21(12-6-18)34(32,33)22-13-9-20(10-14-22)28(30)31/h3-15,25H,16H2,1-2H3,(H,26,29)/b24-15+. The Hall–Kier alpha value is -4.08. The fourth-order valence-electron chi connectivity index (χ4n) is 2.90. The molecule has 0 spiro atoms. The molecule has 0 saturated carbocycles. The number of anilines is 2. The molecule has 0 aliphatic rings. The van der Waals surface area contributed by atoms with Gasteiger partial charge in [-0.25, -0.2) is 0 Å². The fraction of sp³-hybridized carbons (Fsp3) is 0.130. The van der Waals surface area contributed by atoms with Crippen molar-refractivity contribution in [1.82, 2.24) is 5.43 Å². The molecule has 3 rings (SSSR count). The van der Waals surface area contributed by atoms with Crippen LogP contribution in [0.3, 0.4) is 0 Å². The Morgan fingerprint density at radius 1 is 0.971 bits per heavy atom. The van der Waals surface area contributed by atoms with Crippen LogP contribution < -0.4 is 24.6 Å². The van der Waals surface area contributed by atoms with Gasteiger partial charge in [0.25, 0.3) is 0 Å². The topological polar surface area (TPSA) is 134 Å². The summed E-state index contributed by atoms with van der Waals surface area (Å²) < 4.78 is 25.6. The molecule has 0 heterocycles.